The fourth-order valence-corrected chi connectivity index (χ4v) is 3.66. The van der Waals surface area contributed by atoms with Crippen LogP contribution in [-0.2, 0) is 20.8 Å². The van der Waals surface area contributed by atoms with Crippen molar-refractivity contribution in [3.8, 4) is 0 Å². The van der Waals surface area contributed by atoms with Gasteiger partial charge in [-0.05, 0) is 59.0 Å². The Hall–Kier alpha value is -2.22. The van der Waals surface area contributed by atoms with Gasteiger partial charge in [0.1, 0.15) is 5.82 Å². The molecule has 2 heterocycles. The molecule has 1 aromatic carbocycles. The molecule has 1 amide bonds. The third-order valence-corrected chi connectivity index (χ3v) is 5.18. The third kappa shape index (κ3) is 5.89. The number of halogens is 1. The zero-order valence-corrected chi connectivity index (χ0v) is 16.3. The fraction of sp³-hybridized carbons (Fsp3) is 0.381. The van der Waals surface area contributed by atoms with E-state index in [2.05, 4.69) is 10.7 Å². The predicted octanol–water partition coefficient (Wildman–Crippen LogP) is 3.71. The van der Waals surface area contributed by atoms with Gasteiger partial charge in [-0.3, -0.25) is 4.79 Å². The lowest BCUT2D eigenvalue weighted by molar-refractivity contribution is -0.146. The average Bonchev–Trinajstić information content (AvgIpc) is 3.25. The Kier molecular flexibility index (Phi) is 7.59. The number of hydrogen-bond donors (Lipinski definition) is 2. The second-order valence-corrected chi connectivity index (χ2v) is 7.37. The molecular weight excluding hydrogens is 381 g/mol. The zero-order chi connectivity index (χ0) is 19.8. The number of nitrogens with one attached hydrogen (secondary N) is 1. The predicted molar refractivity (Wildman–Crippen MR) is 105 cm³/mol. The number of ether oxygens (including phenoxy) is 2. The van der Waals surface area contributed by atoms with Gasteiger partial charge in [-0.25, -0.2) is 4.39 Å². The highest BCUT2D eigenvalue weighted by Gasteiger charge is 2.28. The van der Waals surface area contributed by atoms with Gasteiger partial charge in [-0.1, -0.05) is 12.1 Å². The van der Waals surface area contributed by atoms with Gasteiger partial charge < -0.3 is 19.9 Å². The molecule has 0 bridgehead atoms. The number of aliphatic hydroxyl groups excluding tert-OH is 1. The van der Waals surface area contributed by atoms with Crippen LogP contribution in [0.1, 0.15) is 36.3 Å². The van der Waals surface area contributed by atoms with E-state index < -0.39 is 6.29 Å². The first-order valence-electron chi connectivity index (χ1n) is 9.31. The number of amides is 1. The normalized spacial score (nSPS) is 19.0. The number of thiophene rings is 1. The van der Waals surface area contributed by atoms with Crippen LogP contribution in [0.3, 0.4) is 0 Å². The third-order valence-electron chi connectivity index (χ3n) is 4.48. The molecule has 0 radical (unpaired) electrons. The second-order valence-electron chi connectivity index (χ2n) is 6.59. The molecule has 0 fully saturated rings. The minimum Gasteiger partial charge on any atom is -0.459 e. The quantitative estimate of drug-likeness (QED) is 0.624. The van der Waals surface area contributed by atoms with Gasteiger partial charge in [0.15, 0.2) is 5.76 Å². The molecule has 0 aliphatic carbocycles. The Bertz CT molecular complexity index is 776. The largest absolute Gasteiger partial charge is 0.459 e. The molecule has 28 heavy (non-hydrogen) atoms. The van der Waals surface area contributed by atoms with Crippen LogP contribution in [0.15, 0.2) is 52.9 Å². The topological polar surface area (TPSA) is 67.8 Å². The molecule has 1 aromatic heterocycles. The molecule has 7 heteroatoms. The van der Waals surface area contributed by atoms with Crippen LogP contribution in [0.2, 0.25) is 0 Å². The maximum absolute atomic E-state index is 13.0. The van der Waals surface area contributed by atoms with Gasteiger partial charge in [0.25, 0.3) is 5.91 Å². The minimum atomic E-state index is -0.514. The SMILES string of the molecule is O=C(NCc1ccc(F)cc1)C1=C[C@@H](c2ccsc2)C[C@@H](OCCCCO)O1. The number of allylic oxidation sites excluding steroid dienone is 1. The number of rotatable bonds is 9. The van der Waals surface area contributed by atoms with Crippen LogP contribution in [-0.4, -0.2) is 30.5 Å². The molecule has 2 atom stereocenters. The van der Waals surface area contributed by atoms with Gasteiger partial charge in [0.2, 0.25) is 6.29 Å². The van der Waals surface area contributed by atoms with Crippen LogP contribution in [0.4, 0.5) is 4.39 Å². The van der Waals surface area contributed by atoms with Crippen LogP contribution in [0, 0.1) is 5.82 Å². The Labute approximate surface area is 167 Å². The maximum Gasteiger partial charge on any atom is 0.286 e. The van der Waals surface area contributed by atoms with E-state index in [-0.39, 0.29) is 36.6 Å². The van der Waals surface area contributed by atoms with Crippen molar-refractivity contribution in [1.29, 1.82) is 0 Å². The summed E-state index contributed by atoms with van der Waals surface area (Å²) in [6.07, 6.45) is 3.34. The Morgan fingerprint density at radius 1 is 1.29 bits per heavy atom. The molecule has 3 rings (SSSR count). The summed E-state index contributed by atoms with van der Waals surface area (Å²) in [6.45, 7) is 0.875. The van der Waals surface area contributed by atoms with E-state index in [0.29, 0.717) is 19.4 Å². The number of carbonyl (C=O) groups excluding carboxylic acids is 1. The van der Waals surface area contributed by atoms with Crippen molar-refractivity contribution in [2.45, 2.75) is 38.0 Å². The molecule has 0 unspecified atom stereocenters. The molecule has 0 saturated heterocycles. The van der Waals surface area contributed by atoms with Crippen molar-refractivity contribution in [3.05, 3.63) is 69.9 Å². The number of hydrogen-bond acceptors (Lipinski definition) is 5. The van der Waals surface area contributed by atoms with E-state index in [1.807, 2.05) is 17.5 Å². The van der Waals surface area contributed by atoms with Crippen molar-refractivity contribution >= 4 is 17.2 Å². The first-order chi connectivity index (χ1) is 13.7. The summed E-state index contributed by atoms with van der Waals surface area (Å²) < 4.78 is 24.6. The zero-order valence-electron chi connectivity index (χ0n) is 15.5. The molecule has 1 aliphatic rings. The molecular formula is C21H24FNO4S. The number of aliphatic hydroxyl groups is 1. The summed E-state index contributed by atoms with van der Waals surface area (Å²) in [4.78, 5) is 12.6. The number of carbonyl (C=O) groups is 1. The molecule has 2 aromatic rings. The highest BCUT2D eigenvalue weighted by molar-refractivity contribution is 7.08. The summed E-state index contributed by atoms with van der Waals surface area (Å²) in [5, 5.41) is 15.8. The summed E-state index contributed by atoms with van der Waals surface area (Å²) in [7, 11) is 0. The second kappa shape index (κ2) is 10.4. The van der Waals surface area contributed by atoms with E-state index in [1.165, 1.54) is 12.1 Å². The first-order valence-corrected chi connectivity index (χ1v) is 10.3. The van der Waals surface area contributed by atoms with Crippen LogP contribution >= 0.6 is 11.3 Å². The van der Waals surface area contributed by atoms with Crippen LogP contribution in [0.25, 0.3) is 0 Å². The van der Waals surface area contributed by atoms with E-state index in [0.717, 1.165) is 17.5 Å². The number of unbranched alkanes of at least 4 members (excludes halogenated alkanes) is 1. The van der Waals surface area contributed by atoms with E-state index in [4.69, 9.17) is 14.6 Å². The van der Waals surface area contributed by atoms with E-state index >= 15 is 0 Å². The average molecular weight is 405 g/mol. The lowest BCUT2D eigenvalue weighted by atomic mass is 9.95. The van der Waals surface area contributed by atoms with Gasteiger partial charge in [0.05, 0.1) is 6.61 Å². The Balaban J connectivity index is 1.63. The van der Waals surface area contributed by atoms with Gasteiger partial charge >= 0.3 is 0 Å². The lowest BCUT2D eigenvalue weighted by Crippen LogP contribution is -2.32. The van der Waals surface area contributed by atoms with Crippen LogP contribution in [0.5, 0.6) is 0 Å². The summed E-state index contributed by atoms with van der Waals surface area (Å²) in [6, 6.07) is 8.02. The van der Waals surface area contributed by atoms with Gasteiger partial charge in [0, 0.05) is 25.5 Å². The maximum atomic E-state index is 13.0. The van der Waals surface area contributed by atoms with E-state index in [1.54, 1.807) is 23.5 Å². The first kappa shape index (κ1) is 20.5. The van der Waals surface area contributed by atoms with Gasteiger partial charge in [-0.15, -0.1) is 0 Å². The van der Waals surface area contributed by atoms with Crippen molar-refractivity contribution in [2.24, 2.45) is 0 Å². The van der Waals surface area contributed by atoms with Crippen molar-refractivity contribution < 1.29 is 23.8 Å². The van der Waals surface area contributed by atoms with E-state index in [9.17, 15) is 9.18 Å². The summed E-state index contributed by atoms with van der Waals surface area (Å²) >= 11 is 1.61. The summed E-state index contributed by atoms with van der Waals surface area (Å²) in [5.41, 5.74) is 1.93. The highest BCUT2D eigenvalue weighted by atomic mass is 32.1. The number of benzene rings is 1. The van der Waals surface area contributed by atoms with Crippen molar-refractivity contribution in [2.75, 3.05) is 13.2 Å². The Morgan fingerprint density at radius 3 is 2.82 bits per heavy atom. The molecule has 2 N–H and O–H groups in total. The Morgan fingerprint density at radius 2 is 2.11 bits per heavy atom. The lowest BCUT2D eigenvalue weighted by Gasteiger charge is -2.29. The van der Waals surface area contributed by atoms with Crippen molar-refractivity contribution in [3.63, 3.8) is 0 Å². The molecule has 150 valence electrons. The summed E-state index contributed by atoms with van der Waals surface area (Å²) in [5.74, 6) is -0.368. The molecule has 0 saturated carbocycles. The fourth-order valence-electron chi connectivity index (χ4n) is 2.94. The molecule has 1 aliphatic heterocycles. The monoisotopic (exact) mass is 405 g/mol. The standard InChI is InChI=1S/C21H24FNO4S/c22-18-5-3-15(4-6-18)13-23-21(25)19-11-17(16-7-10-28-14-16)12-20(27-19)26-9-2-1-8-24/h3-7,10-11,14,17,20,24H,1-2,8-9,12-13H2,(H,23,25)/t17-,20+/m1/s1. The van der Waals surface area contributed by atoms with Crippen LogP contribution < -0.4 is 5.32 Å². The highest BCUT2D eigenvalue weighted by Crippen LogP contribution is 2.32. The minimum absolute atomic E-state index is 0.0365. The van der Waals surface area contributed by atoms with Crippen molar-refractivity contribution in [1.82, 2.24) is 5.32 Å². The molecule has 0 spiro atoms. The molecule has 5 nitrogen and oxygen atoms in total. The smallest absolute Gasteiger partial charge is 0.286 e. The van der Waals surface area contributed by atoms with Gasteiger partial charge in [-0.2, -0.15) is 11.3 Å².